The number of hydrogen-bond donors (Lipinski definition) is 2. The highest BCUT2D eigenvalue weighted by molar-refractivity contribution is 5.71. The highest BCUT2D eigenvalue weighted by Crippen LogP contribution is 2.02. The molecule has 12 heavy (non-hydrogen) atoms. The minimum Gasteiger partial charge on any atom is -0.284 e. The first-order chi connectivity index (χ1) is 5.95. The van der Waals surface area contributed by atoms with Gasteiger partial charge in [0, 0.05) is 24.7 Å². The van der Waals surface area contributed by atoms with Gasteiger partial charge in [-0.3, -0.25) is 20.5 Å². The SMILES string of the molecule is C1=CN(Nc2cc[nH]n2)CN=C1. The molecule has 0 amide bonds. The lowest BCUT2D eigenvalue weighted by molar-refractivity contribution is 0.459. The molecular formula is C7H9N5. The van der Waals surface area contributed by atoms with Gasteiger partial charge in [-0.2, -0.15) is 5.10 Å². The molecule has 0 saturated heterocycles. The number of hydrogen-bond acceptors (Lipinski definition) is 4. The largest absolute Gasteiger partial charge is 0.284 e. The third-order valence-corrected chi connectivity index (χ3v) is 1.45. The van der Waals surface area contributed by atoms with Crippen LogP contribution in [0.4, 0.5) is 5.82 Å². The van der Waals surface area contributed by atoms with Crippen molar-refractivity contribution in [3.63, 3.8) is 0 Å². The van der Waals surface area contributed by atoms with Crippen LogP contribution in [0.5, 0.6) is 0 Å². The standard InChI is InChI=1S/C7H9N5/c1-3-8-6-12(5-1)11-7-2-4-9-10-7/h1-5H,6H2,(H2,9,10,11). The summed E-state index contributed by atoms with van der Waals surface area (Å²) in [6.07, 6.45) is 7.30. The molecule has 1 aliphatic heterocycles. The fourth-order valence-corrected chi connectivity index (χ4v) is 0.928. The molecule has 0 atom stereocenters. The van der Waals surface area contributed by atoms with Crippen LogP contribution in [0.25, 0.3) is 0 Å². The monoisotopic (exact) mass is 163 g/mol. The summed E-state index contributed by atoms with van der Waals surface area (Å²) >= 11 is 0. The van der Waals surface area contributed by atoms with Crippen molar-refractivity contribution in [2.75, 3.05) is 12.1 Å². The van der Waals surface area contributed by atoms with Gasteiger partial charge in [0.1, 0.15) is 6.67 Å². The summed E-state index contributed by atoms with van der Waals surface area (Å²) in [4.78, 5) is 4.05. The Morgan fingerprint density at radius 1 is 1.58 bits per heavy atom. The zero-order valence-corrected chi connectivity index (χ0v) is 6.44. The molecular weight excluding hydrogens is 154 g/mol. The number of rotatable bonds is 2. The van der Waals surface area contributed by atoms with E-state index in [9.17, 15) is 0 Å². The average Bonchev–Trinajstić information content (AvgIpc) is 2.59. The van der Waals surface area contributed by atoms with Gasteiger partial charge in [-0.15, -0.1) is 0 Å². The summed E-state index contributed by atoms with van der Waals surface area (Å²) in [5.74, 6) is 0.789. The zero-order chi connectivity index (χ0) is 8.23. The van der Waals surface area contributed by atoms with Crippen molar-refractivity contribution in [2.24, 2.45) is 4.99 Å². The van der Waals surface area contributed by atoms with Crippen molar-refractivity contribution in [1.29, 1.82) is 0 Å². The van der Waals surface area contributed by atoms with E-state index in [0.29, 0.717) is 6.67 Å². The number of aromatic amines is 1. The Kier molecular flexibility index (Phi) is 1.77. The Bertz CT molecular complexity index is 287. The number of anilines is 1. The minimum atomic E-state index is 0.614. The lowest BCUT2D eigenvalue weighted by Gasteiger charge is -2.19. The van der Waals surface area contributed by atoms with E-state index in [2.05, 4.69) is 20.6 Å². The first kappa shape index (κ1) is 6.90. The van der Waals surface area contributed by atoms with E-state index in [1.807, 2.05) is 23.4 Å². The molecule has 1 aromatic heterocycles. The highest BCUT2D eigenvalue weighted by atomic mass is 15.5. The molecule has 2 heterocycles. The van der Waals surface area contributed by atoms with Crippen LogP contribution in [0.15, 0.2) is 29.5 Å². The molecule has 5 nitrogen and oxygen atoms in total. The maximum atomic E-state index is 4.05. The second-order valence-electron chi connectivity index (χ2n) is 2.36. The van der Waals surface area contributed by atoms with Gasteiger partial charge < -0.3 is 0 Å². The number of hydrazine groups is 1. The topological polar surface area (TPSA) is 56.3 Å². The number of H-pyrrole nitrogens is 1. The Labute approximate surface area is 69.8 Å². The predicted octanol–water partition coefficient (Wildman–Crippen LogP) is 0.594. The Morgan fingerprint density at radius 3 is 3.25 bits per heavy atom. The molecule has 0 radical (unpaired) electrons. The lowest BCUT2D eigenvalue weighted by atomic mass is 10.6. The average molecular weight is 163 g/mol. The van der Waals surface area contributed by atoms with E-state index in [-0.39, 0.29) is 0 Å². The van der Waals surface area contributed by atoms with E-state index < -0.39 is 0 Å². The third kappa shape index (κ3) is 1.45. The summed E-state index contributed by atoms with van der Waals surface area (Å²) in [5, 5.41) is 8.51. The fourth-order valence-electron chi connectivity index (χ4n) is 0.928. The smallest absolute Gasteiger partial charge is 0.166 e. The number of aromatic nitrogens is 2. The van der Waals surface area contributed by atoms with Gasteiger partial charge in [-0.05, 0) is 6.08 Å². The summed E-state index contributed by atoms with van der Waals surface area (Å²) < 4.78 is 0. The normalized spacial score (nSPS) is 15.2. The molecule has 2 rings (SSSR count). The van der Waals surface area contributed by atoms with Crippen LogP contribution in [-0.2, 0) is 0 Å². The van der Waals surface area contributed by atoms with Crippen LogP contribution < -0.4 is 5.43 Å². The molecule has 2 N–H and O–H groups in total. The van der Waals surface area contributed by atoms with Crippen LogP contribution in [-0.4, -0.2) is 28.1 Å². The number of allylic oxidation sites excluding steroid dienone is 1. The van der Waals surface area contributed by atoms with Gasteiger partial charge in [0.15, 0.2) is 5.82 Å². The van der Waals surface area contributed by atoms with Gasteiger partial charge in [-0.1, -0.05) is 0 Å². The van der Waals surface area contributed by atoms with E-state index in [0.717, 1.165) is 5.82 Å². The van der Waals surface area contributed by atoms with Gasteiger partial charge >= 0.3 is 0 Å². The lowest BCUT2D eigenvalue weighted by Crippen LogP contribution is -2.26. The minimum absolute atomic E-state index is 0.614. The first-order valence-electron chi connectivity index (χ1n) is 3.65. The molecule has 0 unspecified atom stereocenters. The molecule has 0 aromatic carbocycles. The van der Waals surface area contributed by atoms with Crippen molar-refractivity contribution in [3.8, 4) is 0 Å². The highest BCUT2D eigenvalue weighted by Gasteiger charge is 2.00. The number of nitrogens with one attached hydrogen (secondary N) is 2. The van der Waals surface area contributed by atoms with Crippen LogP contribution in [0.3, 0.4) is 0 Å². The zero-order valence-electron chi connectivity index (χ0n) is 6.44. The van der Waals surface area contributed by atoms with Gasteiger partial charge in [0.25, 0.3) is 0 Å². The van der Waals surface area contributed by atoms with E-state index in [4.69, 9.17) is 0 Å². The third-order valence-electron chi connectivity index (χ3n) is 1.45. The van der Waals surface area contributed by atoms with Crippen molar-refractivity contribution >= 4 is 12.0 Å². The summed E-state index contributed by atoms with van der Waals surface area (Å²) in [6.45, 7) is 0.614. The van der Waals surface area contributed by atoms with Gasteiger partial charge in [-0.25, -0.2) is 0 Å². The quantitative estimate of drug-likeness (QED) is 0.671. The first-order valence-corrected chi connectivity index (χ1v) is 3.65. The van der Waals surface area contributed by atoms with Crippen molar-refractivity contribution < 1.29 is 0 Å². The predicted molar refractivity (Wildman–Crippen MR) is 46.5 cm³/mol. The number of aliphatic imine (C=N–C) groups is 1. The Hall–Kier alpha value is -1.78. The number of nitrogens with zero attached hydrogens (tertiary/aromatic N) is 3. The molecule has 62 valence electrons. The molecule has 5 heteroatoms. The summed E-state index contributed by atoms with van der Waals surface area (Å²) in [5.41, 5.74) is 3.05. The fraction of sp³-hybridized carbons (Fsp3) is 0.143. The van der Waals surface area contributed by atoms with E-state index in [1.54, 1.807) is 12.4 Å². The molecule has 1 aromatic rings. The second kappa shape index (κ2) is 3.08. The van der Waals surface area contributed by atoms with Crippen LogP contribution in [0, 0.1) is 0 Å². The Morgan fingerprint density at radius 2 is 2.58 bits per heavy atom. The van der Waals surface area contributed by atoms with Gasteiger partial charge in [0.2, 0.25) is 0 Å². The maximum Gasteiger partial charge on any atom is 0.166 e. The van der Waals surface area contributed by atoms with Crippen molar-refractivity contribution in [1.82, 2.24) is 15.2 Å². The van der Waals surface area contributed by atoms with Crippen LogP contribution in [0.2, 0.25) is 0 Å². The molecule has 0 fully saturated rings. The maximum absolute atomic E-state index is 4.05. The van der Waals surface area contributed by atoms with Crippen molar-refractivity contribution in [3.05, 3.63) is 24.5 Å². The summed E-state index contributed by atoms with van der Waals surface area (Å²) in [7, 11) is 0. The van der Waals surface area contributed by atoms with E-state index >= 15 is 0 Å². The second-order valence-corrected chi connectivity index (χ2v) is 2.36. The molecule has 0 bridgehead atoms. The molecule has 0 saturated carbocycles. The summed E-state index contributed by atoms with van der Waals surface area (Å²) in [6, 6.07) is 1.85. The van der Waals surface area contributed by atoms with Crippen LogP contribution >= 0.6 is 0 Å². The Balaban J connectivity index is 1.96. The van der Waals surface area contributed by atoms with Crippen molar-refractivity contribution in [2.45, 2.75) is 0 Å². The van der Waals surface area contributed by atoms with E-state index in [1.165, 1.54) is 0 Å². The molecule has 0 aliphatic carbocycles. The molecule has 1 aliphatic rings. The van der Waals surface area contributed by atoms with Gasteiger partial charge in [0.05, 0.1) is 0 Å². The molecule has 0 spiro atoms. The van der Waals surface area contributed by atoms with Crippen LogP contribution in [0.1, 0.15) is 0 Å².